The van der Waals surface area contributed by atoms with Gasteiger partial charge in [-0.2, -0.15) is 36.4 Å². The van der Waals surface area contributed by atoms with Gasteiger partial charge < -0.3 is 14.9 Å². The van der Waals surface area contributed by atoms with Crippen LogP contribution >= 0.6 is 0 Å². The molecule has 0 aromatic heterocycles. The van der Waals surface area contributed by atoms with E-state index in [-0.39, 0.29) is 51.4 Å². The van der Waals surface area contributed by atoms with E-state index < -0.39 is 24.1 Å². The molecule has 1 fully saturated rings. The molecule has 1 saturated heterocycles. The van der Waals surface area contributed by atoms with Crippen molar-refractivity contribution in [3.05, 3.63) is 36.4 Å². The Morgan fingerprint density at radius 2 is 1.44 bits per heavy atom. The van der Waals surface area contributed by atoms with Crippen molar-refractivity contribution in [3.63, 3.8) is 0 Å². The second-order valence-corrected chi connectivity index (χ2v) is 2.73. The van der Waals surface area contributed by atoms with Gasteiger partial charge in [0, 0.05) is 0 Å². The fourth-order valence-corrected chi connectivity index (χ4v) is 0.830. The predicted octanol–water partition coefficient (Wildman–Crippen LogP) is -2.59. The van der Waals surface area contributed by atoms with Gasteiger partial charge in [0.05, 0.1) is 0 Å². The minimum Gasteiger partial charge on any atom is -0.479 e. The molecule has 0 amide bonds. The van der Waals surface area contributed by atoms with E-state index in [9.17, 15) is 9.59 Å². The average molecular weight is 248 g/mol. The summed E-state index contributed by atoms with van der Waals surface area (Å²) in [5.74, 6) is -2.44. The van der Waals surface area contributed by atoms with Gasteiger partial charge >= 0.3 is 63.3 Å². The molecular weight excluding hydrogens is 239 g/mol. The maximum absolute atomic E-state index is 9.89. The molecule has 0 aliphatic carbocycles. The molecule has 2 unspecified atom stereocenters. The first-order valence-electron chi connectivity index (χ1n) is 4.15. The van der Waals surface area contributed by atoms with Gasteiger partial charge in [0.25, 0.3) is 0 Å². The van der Waals surface area contributed by atoms with Gasteiger partial charge in [-0.05, 0) is 0 Å². The Bertz CT molecular complexity index is 296. The number of hydrogen-bond acceptors (Lipinski definition) is 3. The van der Waals surface area contributed by atoms with E-state index >= 15 is 0 Å². The normalized spacial score (nSPS) is 20.8. The molecule has 1 aromatic carbocycles. The molecule has 1 heterocycles. The summed E-state index contributed by atoms with van der Waals surface area (Å²) in [7, 11) is 0. The average Bonchev–Trinajstić information content (AvgIpc) is 3.00. The van der Waals surface area contributed by atoms with Gasteiger partial charge in [0.1, 0.15) is 0 Å². The fraction of sp³-hybridized carbons (Fsp3) is 0.200. The third-order valence-electron chi connectivity index (χ3n) is 1.59. The van der Waals surface area contributed by atoms with E-state index in [1.165, 1.54) is 0 Å². The van der Waals surface area contributed by atoms with Gasteiger partial charge in [0.15, 0.2) is 12.2 Å². The number of epoxide rings is 1. The van der Waals surface area contributed by atoms with Gasteiger partial charge in [-0.25, -0.2) is 9.59 Å². The second kappa shape index (κ2) is 7.94. The van der Waals surface area contributed by atoms with Gasteiger partial charge in [-0.15, -0.1) is 0 Å². The number of carboxylic acid groups (broad SMARTS) is 2. The molecule has 0 radical (unpaired) electrons. The predicted molar refractivity (Wildman–Crippen MR) is 49.2 cm³/mol. The van der Waals surface area contributed by atoms with Crippen LogP contribution in [0.25, 0.3) is 0 Å². The molecular formula is C10H9KO5. The Labute approximate surface area is 135 Å². The molecule has 0 bridgehead atoms. The molecule has 1 aliphatic rings. The molecule has 5 nitrogen and oxygen atoms in total. The zero-order valence-corrected chi connectivity index (χ0v) is 11.8. The molecule has 2 atom stereocenters. The number of aliphatic carboxylic acids is 2. The number of hydrogen-bond donors (Lipinski definition) is 2. The quantitative estimate of drug-likeness (QED) is 0.341. The molecule has 1 aromatic rings. The Hall–Kier alpha value is -0.244. The van der Waals surface area contributed by atoms with Crippen LogP contribution in [0.3, 0.4) is 0 Å². The first-order valence-corrected chi connectivity index (χ1v) is 4.15. The van der Waals surface area contributed by atoms with Crippen molar-refractivity contribution in [2.24, 2.45) is 0 Å². The van der Waals surface area contributed by atoms with Crippen LogP contribution < -0.4 is 51.4 Å². The van der Waals surface area contributed by atoms with Crippen LogP contribution in [0.1, 0.15) is 0 Å². The summed E-state index contributed by atoms with van der Waals surface area (Å²) in [5, 5.41) is 16.2. The maximum atomic E-state index is 9.89. The Balaban J connectivity index is 0.000000283. The Morgan fingerprint density at radius 1 is 1.00 bits per heavy atom. The number of carboxylic acids is 2. The van der Waals surface area contributed by atoms with Crippen LogP contribution in [-0.4, -0.2) is 34.4 Å². The number of benzene rings is 1. The van der Waals surface area contributed by atoms with Crippen LogP contribution in [0.2, 0.25) is 0 Å². The third kappa shape index (κ3) is 5.74. The molecule has 16 heavy (non-hydrogen) atoms. The van der Waals surface area contributed by atoms with Crippen LogP contribution in [0, 0.1) is 6.07 Å². The topological polar surface area (TPSA) is 87.1 Å². The molecule has 80 valence electrons. The van der Waals surface area contributed by atoms with E-state index in [1.54, 1.807) is 0 Å². The van der Waals surface area contributed by atoms with Gasteiger partial charge in [0.2, 0.25) is 0 Å². The largest absolute Gasteiger partial charge is 1.00 e. The van der Waals surface area contributed by atoms with E-state index in [1.807, 2.05) is 30.3 Å². The van der Waals surface area contributed by atoms with Crippen molar-refractivity contribution in [3.8, 4) is 0 Å². The Kier molecular flexibility index (Phi) is 7.82. The fourth-order valence-electron chi connectivity index (χ4n) is 0.830. The summed E-state index contributed by atoms with van der Waals surface area (Å²) in [6, 6.07) is 12.5. The van der Waals surface area contributed by atoms with E-state index in [0.717, 1.165) is 0 Å². The number of carbonyl (C=O) groups is 2. The van der Waals surface area contributed by atoms with Crippen molar-refractivity contribution in [1.82, 2.24) is 0 Å². The van der Waals surface area contributed by atoms with E-state index in [4.69, 9.17) is 10.2 Å². The summed E-state index contributed by atoms with van der Waals surface area (Å²) in [6.07, 6.45) is -2.25. The first kappa shape index (κ1) is 15.8. The zero-order chi connectivity index (χ0) is 11.3. The van der Waals surface area contributed by atoms with Crippen LogP contribution in [0.4, 0.5) is 0 Å². The van der Waals surface area contributed by atoms with Crippen molar-refractivity contribution in [1.29, 1.82) is 0 Å². The SMILES string of the molecule is O=C(O)C1OC1C(=O)O.[K+].[c-]1ccccc1. The molecule has 0 spiro atoms. The summed E-state index contributed by atoms with van der Waals surface area (Å²) < 4.78 is 4.24. The van der Waals surface area contributed by atoms with Crippen LogP contribution in [0.5, 0.6) is 0 Å². The van der Waals surface area contributed by atoms with E-state index in [2.05, 4.69) is 10.8 Å². The molecule has 2 N–H and O–H groups in total. The van der Waals surface area contributed by atoms with Crippen molar-refractivity contribution < 1.29 is 75.9 Å². The monoisotopic (exact) mass is 248 g/mol. The maximum Gasteiger partial charge on any atom is 1.00 e. The molecule has 2 rings (SSSR count). The molecule has 6 heteroatoms. The summed E-state index contributed by atoms with van der Waals surface area (Å²) in [5.41, 5.74) is 0. The second-order valence-electron chi connectivity index (χ2n) is 2.73. The van der Waals surface area contributed by atoms with Gasteiger partial charge in [-0.1, -0.05) is 0 Å². The van der Waals surface area contributed by atoms with E-state index in [0.29, 0.717) is 0 Å². The number of rotatable bonds is 2. The van der Waals surface area contributed by atoms with Crippen molar-refractivity contribution in [2.45, 2.75) is 12.2 Å². The van der Waals surface area contributed by atoms with Crippen LogP contribution in [0.15, 0.2) is 30.3 Å². The number of ether oxygens (including phenoxy) is 1. The summed E-state index contributed by atoms with van der Waals surface area (Å²) in [6.45, 7) is 0. The molecule has 1 aliphatic heterocycles. The van der Waals surface area contributed by atoms with Crippen LogP contribution in [-0.2, 0) is 14.3 Å². The standard InChI is InChI=1S/C6H5.C4H4O5.K/c1-2-4-6-5-3-1;5-3(6)1-2(9-1)4(7)8;/h1-5H;1-2H,(H,5,6)(H,7,8);/q-1;;+1. The molecule has 0 saturated carbocycles. The minimum atomic E-state index is -1.22. The minimum absolute atomic E-state index is 0. The third-order valence-corrected chi connectivity index (χ3v) is 1.59. The zero-order valence-electron chi connectivity index (χ0n) is 8.66. The van der Waals surface area contributed by atoms with Crippen molar-refractivity contribution >= 4 is 11.9 Å². The summed E-state index contributed by atoms with van der Waals surface area (Å²) in [4.78, 5) is 19.8. The summed E-state index contributed by atoms with van der Waals surface area (Å²) >= 11 is 0. The Morgan fingerprint density at radius 3 is 1.56 bits per heavy atom. The van der Waals surface area contributed by atoms with Gasteiger partial charge in [-0.3, -0.25) is 0 Å². The van der Waals surface area contributed by atoms with Crippen molar-refractivity contribution in [2.75, 3.05) is 0 Å². The first-order chi connectivity index (χ1) is 7.13. The smallest absolute Gasteiger partial charge is 0.479 e.